The van der Waals surface area contributed by atoms with Crippen LogP contribution in [-0.2, 0) is 5.41 Å². The molecule has 2 aliphatic heterocycles. The molecule has 0 spiro atoms. The smallest absolute Gasteiger partial charge is 0.0948 e. The highest BCUT2D eigenvalue weighted by Gasteiger charge is 2.43. The molecule has 0 saturated carbocycles. The van der Waals surface area contributed by atoms with Crippen molar-refractivity contribution >= 4 is 94.8 Å². The lowest BCUT2D eigenvalue weighted by molar-refractivity contribution is 0.590. The van der Waals surface area contributed by atoms with Gasteiger partial charge in [0.1, 0.15) is 0 Å². The summed E-state index contributed by atoms with van der Waals surface area (Å²) < 4.78 is 4.93. The number of rotatable bonds is 8. The number of fused-ring (bicyclic) bond motifs is 10. The van der Waals surface area contributed by atoms with E-state index in [1.165, 1.54) is 27.1 Å². The van der Waals surface area contributed by atoms with Crippen molar-refractivity contribution in [1.82, 2.24) is 9.13 Å². The zero-order valence-electron chi connectivity index (χ0n) is 48.6. The van der Waals surface area contributed by atoms with Crippen LogP contribution in [0.15, 0.2) is 303 Å². The van der Waals surface area contributed by atoms with Crippen molar-refractivity contribution in [1.29, 1.82) is 0 Å². The molecule has 2 aromatic heterocycles. The van der Waals surface area contributed by atoms with Crippen LogP contribution < -0.4 is 14.7 Å². The Kier molecular flexibility index (Phi) is 11.4. The first-order valence-electron chi connectivity index (χ1n) is 30.2. The van der Waals surface area contributed by atoms with Crippen molar-refractivity contribution in [2.24, 2.45) is 0 Å². The third-order valence-electron chi connectivity index (χ3n) is 18.1. The Morgan fingerprint density at radius 2 is 0.517 bits per heavy atom. The van der Waals surface area contributed by atoms with E-state index in [9.17, 15) is 0 Å². The van der Waals surface area contributed by atoms with Crippen molar-refractivity contribution in [3.8, 4) is 55.9 Å². The second kappa shape index (κ2) is 19.7. The average molecular weight is 1110 g/mol. The average Bonchev–Trinajstić information content (AvgIpc) is 1.26. The number of hydrogen-bond acceptors (Lipinski definition) is 3. The van der Waals surface area contributed by atoms with Crippen LogP contribution in [0.2, 0.25) is 0 Å². The van der Waals surface area contributed by atoms with E-state index in [2.05, 4.69) is 348 Å². The van der Waals surface area contributed by atoms with Gasteiger partial charge in [0.2, 0.25) is 0 Å². The van der Waals surface area contributed by atoms with Gasteiger partial charge >= 0.3 is 0 Å². The monoisotopic (exact) mass is 1110 g/mol. The minimum absolute atomic E-state index is 0.299. The van der Waals surface area contributed by atoms with E-state index in [0.29, 0.717) is 0 Å². The van der Waals surface area contributed by atoms with Crippen LogP contribution in [0.1, 0.15) is 26.3 Å². The number of aromatic nitrogens is 2. The van der Waals surface area contributed by atoms with Crippen LogP contribution in [0.25, 0.3) is 99.5 Å². The Balaban J connectivity index is 1.05. The maximum atomic E-state index is 2.64. The molecule has 87 heavy (non-hydrogen) atoms. The molecule has 5 nitrogen and oxygen atoms in total. The molecule has 5 heteroatoms. The predicted molar refractivity (Wildman–Crippen MR) is 367 cm³/mol. The standard InChI is InChI=1S/C82H59N5/c1-82(2,3)58-50-77-81-78(51-58)87(80-63(56-30-12-6-13-31-56)40-25-41-64(80)57-32-14-7-15-33-57)76-53-60(84-71-44-22-18-36-67(71)68-37-19-23-45-72(68)84)47-49-74(76)85(81)73-48-46-59(83-69-42-20-16-34-65(69)66-35-17-21-43-70(66)83)52-75(73)86(77)79-61(54-26-8-4-9-27-54)38-24-39-62(79)55-28-10-5-11-29-55/h4-53H,1-3H3. The number of hydrogen-bond donors (Lipinski definition) is 0. The van der Waals surface area contributed by atoms with Crippen LogP contribution in [0, 0.1) is 0 Å². The molecule has 0 saturated heterocycles. The normalized spacial score (nSPS) is 12.7. The fourth-order valence-corrected chi connectivity index (χ4v) is 14.1. The molecular weight excluding hydrogens is 1050 g/mol. The molecule has 2 aliphatic rings. The molecule has 0 atom stereocenters. The molecule has 0 aliphatic carbocycles. The molecular formula is C82H59N5. The van der Waals surface area contributed by atoms with Gasteiger partial charge in [0, 0.05) is 55.2 Å². The van der Waals surface area contributed by atoms with E-state index in [0.717, 1.165) is 129 Å². The summed E-state index contributed by atoms with van der Waals surface area (Å²) >= 11 is 0. The van der Waals surface area contributed by atoms with E-state index in [-0.39, 0.29) is 5.41 Å². The number of anilines is 9. The van der Waals surface area contributed by atoms with E-state index in [1.54, 1.807) is 0 Å². The highest BCUT2D eigenvalue weighted by molar-refractivity contribution is 6.18. The Morgan fingerprint density at radius 3 is 0.828 bits per heavy atom. The van der Waals surface area contributed by atoms with Crippen molar-refractivity contribution in [2.45, 2.75) is 26.2 Å². The zero-order valence-corrected chi connectivity index (χ0v) is 48.6. The third kappa shape index (κ3) is 7.86. The van der Waals surface area contributed by atoms with E-state index in [4.69, 9.17) is 0 Å². The lowest BCUT2D eigenvalue weighted by atomic mass is 9.83. The van der Waals surface area contributed by atoms with Gasteiger partial charge < -0.3 is 23.8 Å². The second-order valence-electron chi connectivity index (χ2n) is 24.1. The maximum absolute atomic E-state index is 2.64. The molecule has 0 radical (unpaired) electrons. The Hall–Kier alpha value is -11.1. The number of nitrogens with zero attached hydrogens (tertiary/aromatic N) is 5. The maximum Gasteiger partial charge on any atom is 0.0948 e. The molecule has 0 N–H and O–H groups in total. The first-order valence-corrected chi connectivity index (χ1v) is 30.2. The molecule has 13 aromatic carbocycles. The zero-order chi connectivity index (χ0) is 57.9. The minimum Gasteiger partial charge on any atom is -0.309 e. The van der Waals surface area contributed by atoms with Crippen molar-refractivity contribution in [2.75, 3.05) is 14.7 Å². The molecule has 0 fully saturated rings. The van der Waals surface area contributed by atoms with Crippen LogP contribution in [0.5, 0.6) is 0 Å². The lowest BCUT2D eigenvalue weighted by Crippen LogP contribution is -2.32. The molecule has 0 unspecified atom stereocenters. The van der Waals surface area contributed by atoms with Crippen LogP contribution in [-0.4, -0.2) is 9.13 Å². The fourth-order valence-electron chi connectivity index (χ4n) is 14.1. The number of para-hydroxylation sites is 6. The topological polar surface area (TPSA) is 19.6 Å². The third-order valence-corrected chi connectivity index (χ3v) is 18.1. The molecule has 412 valence electrons. The molecule has 15 aromatic rings. The lowest BCUT2D eigenvalue weighted by Gasteiger charge is -2.49. The van der Waals surface area contributed by atoms with Crippen molar-refractivity contribution in [3.05, 3.63) is 309 Å². The fraction of sp³-hybridized carbons (Fsp3) is 0.0488. The first-order chi connectivity index (χ1) is 42.9. The predicted octanol–water partition coefficient (Wildman–Crippen LogP) is 22.9. The van der Waals surface area contributed by atoms with Gasteiger partial charge in [0.15, 0.2) is 0 Å². The summed E-state index contributed by atoms with van der Waals surface area (Å²) in [5.74, 6) is 0. The van der Waals surface area contributed by atoms with E-state index in [1.807, 2.05) is 0 Å². The van der Waals surface area contributed by atoms with Crippen LogP contribution in [0.3, 0.4) is 0 Å². The summed E-state index contributed by atoms with van der Waals surface area (Å²) in [6.45, 7) is 7.09. The van der Waals surface area contributed by atoms with Gasteiger partial charge in [-0.15, -0.1) is 0 Å². The van der Waals surface area contributed by atoms with Gasteiger partial charge in [-0.05, 0) is 106 Å². The molecule has 0 amide bonds. The van der Waals surface area contributed by atoms with Crippen LogP contribution >= 0.6 is 0 Å². The van der Waals surface area contributed by atoms with Gasteiger partial charge in [-0.3, -0.25) is 0 Å². The second-order valence-corrected chi connectivity index (χ2v) is 24.1. The van der Waals surface area contributed by atoms with E-state index < -0.39 is 0 Å². The first kappa shape index (κ1) is 50.4. The summed E-state index contributed by atoms with van der Waals surface area (Å²) in [6.07, 6.45) is 0. The highest BCUT2D eigenvalue weighted by Crippen LogP contribution is 2.67. The van der Waals surface area contributed by atoms with E-state index >= 15 is 0 Å². The summed E-state index contributed by atoms with van der Waals surface area (Å²) in [5, 5.41) is 4.90. The Morgan fingerprint density at radius 1 is 0.230 bits per heavy atom. The van der Waals surface area contributed by atoms with Gasteiger partial charge in [-0.2, -0.15) is 0 Å². The van der Waals surface area contributed by atoms with Gasteiger partial charge in [-0.25, -0.2) is 0 Å². The Bertz CT molecular complexity index is 4670. The molecule has 4 heterocycles. The molecule has 0 bridgehead atoms. The number of benzene rings is 13. The SMILES string of the molecule is CC(C)(C)c1cc2c3c(c1)N(c1c(-c4ccccc4)cccc1-c1ccccc1)c1cc(-n4c5ccccc5c5ccccc54)ccc1N3c1ccc(-n3c4ccccc4c4ccccc43)cc1N2c1c(-c2ccccc2)cccc1-c1ccccc1. The van der Waals surface area contributed by atoms with Crippen molar-refractivity contribution < 1.29 is 0 Å². The minimum atomic E-state index is -0.299. The summed E-state index contributed by atoms with van der Waals surface area (Å²) in [7, 11) is 0. The summed E-state index contributed by atoms with van der Waals surface area (Å²) in [4.78, 5) is 7.87. The van der Waals surface area contributed by atoms with Gasteiger partial charge in [0.25, 0.3) is 0 Å². The molecule has 17 rings (SSSR count). The Labute approximate surface area is 506 Å². The van der Waals surface area contributed by atoms with Gasteiger partial charge in [0.05, 0.1) is 73.3 Å². The van der Waals surface area contributed by atoms with Gasteiger partial charge in [-0.1, -0.05) is 251 Å². The van der Waals surface area contributed by atoms with Crippen LogP contribution in [0.4, 0.5) is 51.2 Å². The summed E-state index contributed by atoms with van der Waals surface area (Å²) in [6, 6.07) is 113. The quantitative estimate of drug-likeness (QED) is 0.151. The van der Waals surface area contributed by atoms with Crippen molar-refractivity contribution in [3.63, 3.8) is 0 Å². The highest BCUT2D eigenvalue weighted by atomic mass is 15.3. The largest absolute Gasteiger partial charge is 0.309 e. The summed E-state index contributed by atoms with van der Waals surface area (Å²) in [5.41, 5.74) is 26.6.